The molecule has 0 saturated carbocycles. The van der Waals surface area contributed by atoms with E-state index in [0.29, 0.717) is 5.65 Å². The van der Waals surface area contributed by atoms with Gasteiger partial charge >= 0.3 is 11.7 Å². The SMILES string of the molecule is Cn1c(=O)oc2cc(C(=O)O)cnc21. The van der Waals surface area contributed by atoms with Crippen molar-refractivity contribution in [2.24, 2.45) is 7.05 Å². The standard InChI is InChI=1S/C8H6N2O4/c1-10-6-5(14-8(10)13)2-4(3-9-6)7(11)12/h2-3H,1H3,(H,11,12). The van der Waals surface area contributed by atoms with Gasteiger partial charge in [-0.25, -0.2) is 14.6 Å². The molecule has 1 N–H and O–H groups in total. The van der Waals surface area contributed by atoms with Crippen LogP contribution in [0.2, 0.25) is 0 Å². The highest BCUT2D eigenvalue weighted by Gasteiger charge is 2.10. The third-order valence-corrected chi connectivity index (χ3v) is 1.87. The highest BCUT2D eigenvalue weighted by atomic mass is 16.4. The van der Waals surface area contributed by atoms with Gasteiger partial charge in [-0.1, -0.05) is 0 Å². The summed E-state index contributed by atoms with van der Waals surface area (Å²) in [6.45, 7) is 0. The molecule has 14 heavy (non-hydrogen) atoms. The number of pyridine rings is 1. The number of hydrogen-bond acceptors (Lipinski definition) is 4. The first-order chi connectivity index (χ1) is 6.59. The molecule has 0 spiro atoms. The molecule has 0 radical (unpaired) electrons. The lowest BCUT2D eigenvalue weighted by Crippen LogP contribution is -2.09. The van der Waals surface area contributed by atoms with Crippen LogP contribution in [0.4, 0.5) is 0 Å². The lowest BCUT2D eigenvalue weighted by Gasteiger charge is -1.92. The molecular weight excluding hydrogens is 188 g/mol. The molecular formula is C8H6N2O4. The van der Waals surface area contributed by atoms with Crippen molar-refractivity contribution in [3.63, 3.8) is 0 Å². The average Bonchev–Trinajstić information content (AvgIpc) is 2.42. The number of aryl methyl sites for hydroxylation is 1. The number of hydrogen-bond donors (Lipinski definition) is 1. The first-order valence-electron chi connectivity index (χ1n) is 3.78. The molecule has 0 amide bonds. The van der Waals surface area contributed by atoms with Crippen molar-refractivity contribution >= 4 is 17.2 Å². The molecule has 2 aromatic rings. The van der Waals surface area contributed by atoms with Gasteiger partial charge in [0.1, 0.15) is 0 Å². The van der Waals surface area contributed by atoms with E-state index in [1.165, 1.54) is 23.9 Å². The minimum atomic E-state index is -1.11. The molecule has 0 saturated heterocycles. The summed E-state index contributed by atoms with van der Waals surface area (Å²) in [4.78, 5) is 25.4. The summed E-state index contributed by atoms with van der Waals surface area (Å²) in [5, 5.41) is 8.65. The largest absolute Gasteiger partial charge is 0.478 e. The van der Waals surface area contributed by atoms with Crippen LogP contribution in [0.1, 0.15) is 10.4 Å². The number of nitrogens with zero attached hydrogens (tertiary/aromatic N) is 2. The van der Waals surface area contributed by atoms with Crippen LogP contribution >= 0.6 is 0 Å². The lowest BCUT2D eigenvalue weighted by molar-refractivity contribution is 0.0696. The Kier molecular flexibility index (Phi) is 1.63. The maximum Gasteiger partial charge on any atom is 0.420 e. The Labute approximate surface area is 77.4 Å². The molecule has 6 nitrogen and oxygen atoms in total. The van der Waals surface area contributed by atoms with Gasteiger partial charge in [0.05, 0.1) is 5.56 Å². The van der Waals surface area contributed by atoms with Crippen molar-refractivity contribution in [2.75, 3.05) is 0 Å². The summed E-state index contributed by atoms with van der Waals surface area (Å²) in [7, 11) is 1.50. The van der Waals surface area contributed by atoms with Crippen LogP contribution in [0.5, 0.6) is 0 Å². The van der Waals surface area contributed by atoms with E-state index in [1.807, 2.05) is 0 Å². The van der Waals surface area contributed by atoms with Gasteiger partial charge in [0.2, 0.25) is 0 Å². The molecule has 2 heterocycles. The van der Waals surface area contributed by atoms with E-state index in [9.17, 15) is 9.59 Å². The molecule has 0 atom stereocenters. The molecule has 0 aliphatic heterocycles. The van der Waals surface area contributed by atoms with E-state index in [4.69, 9.17) is 9.52 Å². The zero-order chi connectivity index (χ0) is 10.3. The van der Waals surface area contributed by atoms with E-state index < -0.39 is 11.7 Å². The predicted molar refractivity (Wildman–Crippen MR) is 46.2 cm³/mol. The predicted octanol–water partition coefficient (Wildman–Crippen LogP) is 0.225. The third kappa shape index (κ3) is 1.08. The summed E-state index contributed by atoms with van der Waals surface area (Å²) in [5.74, 6) is -1.67. The van der Waals surface area contributed by atoms with Gasteiger partial charge in [-0.2, -0.15) is 0 Å². The zero-order valence-corrected chi connectivity index (χ0v) is 7.22. The Bertz CT molecular complexity index is 566. The number of carbonyl (C=O) groups is 1. The fraction of sp³-hybridized carbons (Fsp3) is 0.125. The van der Waals surface area contributed by atoms with E-state index in [0.717, 1.165) is 0 Å². The summed E-state index contributed by atoms with van der Waals surface area (Å²) < 4.78 is 5.98. The first-order valence-corrected chi connectivity index (χ1v) is 3.78. The van der Waals surface area contributed by atoms with Gasteiger partial charge < -0.3 is 9.52 Å². The van der Waals surface area contributed by atoms with Crippen LogP contribution in [0.15, 0.2) is 21.5 Å². The van der Waals surface area contributed by atoms with Crippen molar-refractivity contribution in [2.45, 2.75) is 0 Å². The molecule has 6 heteroatoms. The van der Waals surface area contributed by atoms with Gasteiger partial charge in [0, 0.05) is 19.3 Å². The normalized spacial score (nSPS) is 10.6. The van der Waals surface area contributed by atoms with Crippen molar-refractivity contribution in [1.82, 2.24) is 9.55 Å². The third-order valence-electron chi connectivity index (χ3n) is 1.87. The van der Waals surface area contributed by atoms with Gasteiger partial charge in [0.25, 0.3) is 0 Å². The number of rotatable bonds is 1. The summed E-state index contributed by atoms with van der Waals surface area (Å²) in [6.07, 6.45) is 1.18. The molecule has 0 unspecified atom stereocenters. The number of carboxylic acid groups (broad SMARTS) is 1. The van der Waals surface area contributed by atoms with E-state index >= 15 is 0 Å². The second kappa shape index (κ2) is 2.69. The molecule has 0 aliphatic carbocycles. The highest BCUT2D eigenvalue weighted by Crippen LogP contribution is 2.10. The van der Waals surface area contributed by atoms with Crippen molar-refractivity contribution in [1.29, 1.82) is 0 Å². The second-order valence-electron chi connectivity index (χ2n) is 2.78. The van der Waals surface area contributed by atoms with Crippen LogP contribution in [0.3, 0.4) is 0 Å². The van der Waals surface area contributed by atoms with Gasteiger partial charge in [-0.05, 0) is 0 Å². The zero-order valence-electron chi connectivity index (χ0n) is 7.22. The Morgan fingerprint density at radius 3 is 3.00 bits per heavy atom. The van der Waals surface area contributed by atoms with Crippen LogP contribution < -0.4 is 5.76 Å². The van der Waals surface area contributed by atoms with E-state index in [-0.39, 0.29) is 11.1 Å². The van der Waals surface area contributed by atoms with Crippen LogP contribution in [0.25, 0.3) is 11.2 Å². The molecule has 0 fully saturated rings. The smallest absolute Gasteiger partial charge is 0.420 e. The van der Waals surface area contributed by atoms with E-state index in [2.05, 4.69) is 4.98 Å². The van der Waals surface area contributed by atoms with Crippen LogP contribution in [-0.2, 0) is 7.05 Å². The number of fused-ring (bicyclic) bond motifs is 1. The molecule has 72 valence electrons. The minimum Gasteiger partial charge on any atom is -0.478 e. The average molecular weight is 194 g/mol. The Balaban J connectivity index is 2.80. The Hall–Kier alpha value is -2.11. The Morgan fingerprint density at radius 2 is 2.36 bits per heavy atom. The first kappa shape index (κ1) is 8.49. The summed E-state index contributed by atoms with van der Waals surface area (Å²) >= 11 is 0. The minimum absolute atomic E-state index is 0.00755. The topological polar surface area (TPSA) is 85.3 Å². The molecule has 2 rings (SSSR count). The maximum absolute atomic E-state index is 11.0. The summed E-state index contributed by atoms with van der Waals surface area (Å²) in [5.41, 5.74) is 0.504. The van der Waals surface area contributed by atoms with E-state index in [1.54, 1.807) is 0 Å². The van der Waals surface area contributed by atoms with Crippen molar-refractivity contribution in [3.05, 3.63) is 28.4 Å². The molecule has 0 aromatic carbocycles. The maximum atomic E-state index is 11.0. The van der Waals surface area contributed by atoms with Crippen LogP contribution in [-0.4, -0.2) is 20.6 Å². The number of carboxylic acids is 1. The quantitative estimate of drug-likeness (QED) is 0.702. The fourth-order valence-electron chi connectivity index (χ4n) is 1.13. The lowest BCUT2D eigenvalue weighted by atomic mass is 10.3. The van der Waals surface area contributed by atoms with Gasteiger partial charge in [-0.15, -0.1) is 0 Å². The monoisotopic (exact) mass is 194 g/mol. The fourth-order valence-corrected chi connectivity index (χ4v) is 1.13. The van der Waals surface area contributed by atoms with Gasteiger partial charge in [-0.3, -0.25) is 4.57 Å². The highest BCUT2D eigenvalue weighted by molar-refractivity contribution is 5.90. The number of aromatic carboxylic acids is 1. The molecule has 0 bridgehead atoms. The molecule has 0 aliphatic rings. The van der Waals surface area contributed by atoms with Crippen molar-refractivity contribution < 1.29 is 14.3 Å². The van der Waals surface area contributed by atoms with Crippen molar-refractivity contribution in [3.8, 4) is 0 Å². The van der Waals surface area contributed by atoms with Crippen LogP contribution in [0, 0.1) is 0 Å². The molecule has 2 aromatic heterocycles. The second-order valence-corrected chi connectivity index (χ2v) is 2.78. The Morgan fingerprint density at radius 1 is 1.64 bits per heavy atom. The van der Waals surface area contributed by atoms with Gasteiger partial charge in [0.15, 0.2) is 11.2 Å². The summed E-state index contributed by atoms with van der Waals surface area (Å²) in [6, 6.07) is 1.27. The number of aromatic nitrogens is 2. The number of oxazole rings is 1.